The number of rotatable bonds is 5. The first-order valence-electron chi connectivity index (χ1n) is 10.6. The van der Waals surface area contributed by atoms with Crippen LogP contribution in [0.3, 0.4) is 0 Å². The Labute approximate surface area is 186 Å². The highest BCUT2D eigenvalue weighted by Crippen LogP contribution is 2.36. The summed E-state index contributed by atoms with van der Waals surface area (Å²) in [6.07, 6.45) is 6.89. The van der Waals surface area contributed by atoms with Crippen LogP contribution in [0.5, 0.6) is 0 Å². The normalized spacial score (nSPS) is 15.8. The molecule has 4 aromatic rings. The monoisotopic (exact) mass is 430 g/mol. The molecule has 0 spiro atoms. The maximum atomic E-state index is 9.48. The third kappa shape index (κ3) is 4.87. The van der Waals surface area contributed by atoms with Gasteiger partial charge in [-0.3, -0.25) is 15.0 Å². The summed E-state index contributed by atoms with van der Waals surface area (Å²) in [7, 11) is 0. The first-order valence-corrected chi connectivity index (χ1v) is 10.6. The number of imidazole rings is 1. The van der Waals surface area contributed by atoms with Gasteiger partial charge < -0.3 is 15.3 Å². The number of H-pyrrole nitrogens is 1. The zero-order chi connectivity index (χ0) is 22.3. The quantitative estimate of drug-likeness (QED) is 0.421. The van der Waals surface area contributed by atoms with Crippen molar-refractivity contribution < 1.29 is 9.59 Å². The number of aromatic nitrogens is 3. The van der Waals surface area contributed by atoms with E-state index in [0.29, 0.717) is 6.04 Å². The first kappa shape index (κ1) is 21.3. The molecule has 8 nitrogen and oxygen atoms in total. The second kappa shape index (κ2) is 9.93. The zero-order valence-electron chi connectivity index (χ0n) is 17.6. The van der Waals surface area contributed by atoms with E-state index in [4.69, 9.17) is 4.98 Å². The Balaban J connectivity index is 0.000000363. The molecule has 8 heteroatoms. The number of imide groups is 1. The summed E-state index contributed by atoms with van der Waals surface area (Å²) < 4.78 is 2.22. The minimum atomic E-state index is -0.829. The molecule has 1 atom stereocenters. The second-order valence-corrected chi connectivity index (χ2v) is 7.60. The number of amides is 3. The number of carbonyl (C=O) groups excluding carboxylic acids is 2. The number of likely N-dealkylation sites (tertiary alicyclic amines) is 1. The summed E-state index contributed by atoms with van der Waals surface area (Å²) >= 11 is 0. The Kier molecular flexibility index (Phi) is 6.62. The van der Waals surface area contributed by atoms with E-state index in [1.807, 2.05) is 6.07 Å². The molecule has 0 radical (unpaired) electrons. The maximum Gasteiger partial charge on any atom is 0.318 e. The number of nitrogens with zero attached hydrogens (tertiary/aromatic N) is 3. The number of urea groups is 1. The molecule has 0 saturated carbocycles. The van der Waals surface area contributed by atoms with Crippen LogP contribution in [0.2, 0.25) is 0 Å². The third-order valence-corrected chi connectivity index (χ3v) is 5.53. The minimum Gasteiger partial charge on any atom is -0.351 e. The number of benzene rings is 2. The van der Waals surface area contributed by atoms with Crippen LogP contribution < -0.4 is 11.1 Å². The minimum absolute atomic E-state index is 0.225. The van der Waals surface area contributed by atoms with E-state index in [2.05, 4.69) is 87.2 Å². The van der Waals surface area contributed by atoms with Crippen molar-refractivity contribution >= 4 is 23.5 Å². The summed E-state index contributed by atoms with van der Waals surface area (Å²) in [5.74, 6) is 1.05. The van der Waals surface area contributed by atoms with E-state index in [-0.39, 0.29) is 6.41 Å². The number of hydrogen-bond donors (Lipinski definition) is 3. The van der Waals surface area contributed by atoms with Gasteiger partial charge in [-0.15, -0.1) is 0 Å². The van der Waals surface area contributed by atoms with Crippen LogP contribution in [0.15, 0.2) is 73.1 Å². The molecule has 3 amide bonds. The van der Waals surface area contributed by atoms with Gasteiger partial charge >= 0.3 is 6.03 Å². The molecule has 1 aliphatic rings. The fourth-order valence-electron chi connectivity index (χ4n) is 4.20. The Bertz CT molecular complexity index is 1150. The molecule has 5 rings (SSSR count). The van der Waals surface area contributed by atoms with Crippen molar-refractivity contribution in [3.63, 3.8) is 0 Å². The van der Waals surface area contributed by atoms with Crippen molar-refractivity contribution in [1.82, 2.24) is 24.8 Å². The average Bonchev–Trinajstić information content (AvgIpc) is 3.55. The SMILES string of the molecule is NC(=O)NC=O.c1ccc(-n2cccc2)c([C@@H]2CCCN2Cc2nc3ccccc3[nH]2)c1. The molecule has 0 unspecified atom stereocenters. The summed E-state index contributed by atoms with van der Waals surface area (Å²) in [5, 5.41) is 1.67. The summed E-state index contributed by atoms with van der Waals surface area (Å²) in [4.78, 5) is 29.5. The average molecular weight is 431 g/mol. The maximum absolute atomic E-state index is 9.48. The third-order valence-electron chi connectivity index (χ3n) is 5.53. The number of nitrogens with one attached hydrogen (secondary N) is 2. The number of fused-ring (bicyclic) bond motifs is 1. The van der Waals surface area contributed by atoms with Crippen LogP contribution in [0.25, 0.3) is 16.7 Å². The van der Waals surface area contributed by atoms with Crippen molar-refractivity contribution in [1.29, 1.82) is 0 Å². The van der Waals surface area contributed by atoms with Crippen molar-refractivity contribution in [2.75, 3.05) is 6.54 Å². The lowest BCUT2D eigenvalue weighted by Gasteiger charge is -2.26. The van der Waals surface area contributed by atoms with Gasteiger partial charge in [-0.25, -0.2) is 9.78 Å². The standard InChI is InChI=1S/C22H22N4.C2H4N2O2/c1-4-11-20(25-13-5-6-14-25)17(8-1)21-12-7-15-26(21)16-22-23-18-9-2-3-10-19(18)24-22;3-2(6)4-1-5/h1-6,8-11,13-14,21H,7,12,15-16H2,(H,23,24);1H,(H3,3,4,5,6)/t21-;/m0./s1. The van der Waals surface area contributed by atoms with Gasteiger partial charge in [0, 0.05) is 24.1 Å². The van der Waals surface area contributed by atoms with Crippen LogP contribution in [0.1, 0.15) is 30.3 Å². The molecule has 4 N–H and O–H groups in total. The van der Waals surface area contributed by atoms with Crippen LogP contribution in [-0.4, -0.2) is 38.4 Å². The highest BCUT2D eigenvalue weighted by molar-refractivity contribution is 5.82. The first-order chi connectivity index (χ1) is 15.7. The van der Waals surface area contributed by atoms with Gasteiger partial charge in [0.15, 0.2) is 0 Å². The van der Waals surface area contributed by atoms with Crippen LogP contribution in [-0.2, 0) is 11.3 Å². The fourth-order valence-corrected chi connectivity index (χ4v) is 4.20. The summed E-state index contributed by atoms with van der Waals surface area (Å²) in [6, 6.07) is 20.8. The summed E-state index contributed by atoms with van der Waals surface area (Å²) in [6.45, 7) is 1.97. The van der Waals surface area contributed by atoms with Crippen molar-refractivity contribution in [2.24, 2.45) is 5.73 Å². The van der Waals surface area contributed by atoms with E-state index in [1.165, 1.54) is 24.1 Å². The van der Waals surface area contributed by atoms with Gasteiger partial charge in [0.1, 0.15) is 5.82 Å². The topological polar surface area (TPSA) is 109 Å². The molecule has 32 heavy (non-hydrogen) atoms. The van der Waals surface area contributed by atoms with Gasteiger partial charge in [-0.05, 0) is 55.3 Å². The van der Waals surface area contributed by atoms with Crippen LogP contribution in [0.4, 0.5) is 4.79 Å². The van der Waals surface area contributed by atoms with E-state index < -0.39 is 6.03 Å². The van der Waals surface area contributed by atoms with Gasteiger partial charge in [0.2, 0.25) is 6.41 Å². The molecule has 1 saturated heterocycles. The number of carbonyl (C=O) groups is 2. The molecular formula is C24H26N6O2. The fraction of sp³-hybridized carbons (Fsp3) is 0.208. The van der Waals surface area contributed by atoms with Crippen LogP contribution in [0, 0.1) is 0 Å². The van der Waals surface area contributed by atoms with Gasteiger partial charge in [-0.2, -0.15) is 0 Å². The molecule has 2 aromatic carbocycles. The lowest BCUT2D eigenvalue weighted by molar-refractivity contribution is -0.108. The lowest BCUT2D eigenvalue weighted by atomic mass is 10.0. The molecule has 1 fully saturated rings. The molecule has 0 aliphatic carbocycles. The molecule has 0 bridgehead atoms. The molecule has 3 heterocycles. The van der Waals surface area contributed by atoms with Crippen molar-refractivity contribution in [3.05, 3.63) is 84.4 Å². The molecule has 164 valence electrons. The molecule has 2 aromatic heterocycles. The van der Waals surface area contributed by atoms with Crippen LogP contribution >= 0.6 is 0 Å². The highest BCUT2D eigenvalue weighted by atomic mass is 16.2. The Hall–Kier alpha value is -3.91. The number of hydrogen-bond acceptors (Lipinski definition) is 4. The van der Waals surface area contributed by atoms with Crippen molar-refractivity contribution in [3.8, 4) is 5.69 Å². The van der Waals surface area contributed by atoms with E-state index in [9.17, 15) is 9.59 Å². The van der Waals surface area contributed by atoms with E-state index in [0.717, 1.165) is 29.9 Å². The smallest absolute Gasteiger partial charge is 0.318 e. The van der Waals surface area contributed by atoms with Gasteiger partial charge in [0.05, 0.1) is 17.6 Å². The van der Waals surface area contributed by atoms with Crippen molar-refractivity contribution in [2.45, 2.75) is 25.4 Å². The molecule has 1 aliphatic heterocycles. The number of primary amides is 1. The lowest BCUT2D eigenvalue weighted by Crippen LogP contribution is -2.27. The van der Waals surface area contributed by atoms with Gasteiger partial charge in [0.25, 0.3) is 0 Å². The van der Waals surface area contributed by atoms with E-state index in [1.54, 1.807) is 5.32 Å². The second-order valence-electron chi connectivity index (χ2n) is 7.60. The molecular weight excluding hydrogens is 404 g/mol. The Morgan fingerprint density at radius 1 is 1.12 bits per heavy atom. The Morgan fingerprint density at radius 2 is 1.88 bits per heavy atom. The number of nitrogens with two attached hydrogens (primary N) is 1. The predicted molar refractivity (Wildman–Crippen MR) is 123 cm³/mol. The Morgan fingerprint density at radius 3 is 2.59 bits per heavy atom. The van der Waals surface area contributed by atoms with E-state index >= 15 is 0 Å². The number of para-hydroxylation sites is 3. The van der Waals surface area contributed by atoms with Gasteiger partial charge in [-0.1, -0.05) is 30.3 Å². The zero-order valence-corrected chi connectivity index (χ0v) is 17.6. The predicted octanol–water partition coefficient (Wildman–Crippen LogP) is 3.50. The number of aromatic amines is 1. The largest absolute Gasteiger partial charge is 0.351 e. The highest BCUT2D eigenvalue weighted by Gasteiger charge is 2.28. The summed E-state index contributed by atoms with van der Waals surface area (Å²) in [5.41, 5.74) is 9.26.